The predicted molar refractivity (Wildman–Crippen MR) is 107 cm³/mol. The van der Waals surface area contributed by atoms with E-state index >= 15 is 0 Å². The molecule has 1 aromatic carbocycles. The number of aromatic nitrogens is 1. The minimum atomic E-state index is -2.71. The lowest BCUT2D eigenvalue weighted by Crippen LogP contribution is -2.55. The fourth-order valence-corrected chi connectivity index (χ4v) is 3.75. The summed E-state index contributed by atoms with van der Waals surface area (Å²) in [4.78, 5) is 18.3. The Morgan fingerprint density at radius 3 is 2.72 bits per heavy atom. The molecular formula is C21H23ClF3N3O. The summed E-state index contributed by atoms with van der Waals surface area (Å²) in [5.41, 5.74) is 1.42. The number of anilines is 1. The number of aryl methyl sites for hydroxylation is 1. The standard InChI is InChI=1S/C21H23ClF3N3O/c1-28(17-9-15(23)12-26-13-17)19(20(29)27-16-10-21(24,25)11-16)8-4-6-14-5-2-3-7-18(14)22/h2-3,5,7,9,12-13,16,19H,4,6,8,10-11H2,1H3,(H,27,29). The summed E-state index contributed by atoms with van der Waals surface area (Å²) in [5, 5.41) is 3.36. The van der Waals surface area contributed by atoms with E-state index in [0.717, 1.165) is 11.8 Å². The molecule has 1 saturated carbocycles. The van der Waals surface area contributed by atoms with Crippen LogP contribution in [-0.2, 0) is 11.2 Å². The Kier molecular flexibility index (Phi) is 6.67. The number of amides is 1. The third-order valence-electron chi connectivity index (χ3n) is 5.19. The van der Waals surface area contributed by atoms with Gasteiger partial charge in [-0.1, -0.05) is 29.8 Å². The van der Waals surface area contributed by atoms with E-state index in [0.29, 0.717) is 30.0 Å². The molecule has 1 fully saturated rings. The fraction of sp³-hybridized carbons (Fsp3) is 0.429. The van der Waals surface area contributed by atoms with Crippen LogP contribution in [0.25, 0.3) is 0 Å². The van der Waals surface area contributed by atoms with Gasteiger partial charge in [0.2, 0.25) is 5.91 Å². The smallest absolute Gasteiger partial charge is 0.252 e. The monoisotopic (exact) mass is 425 g/mol. The van der Waals surface area contributed by atoms with Crippen LogP contribution in [0.4, 0.5) is 18.9 Å². The number of nitrogens with zero attached hydrogens (tertiary/aromatic N) is 2. The van der Waals surface area contributed by atoms with E-state index in [9.17, 15) is 18.0 Å². The molecule has 0 saturated heterocycles. The zero-order valence-corrected chi connectivity index (χ0v) is 16.8. The van der Waals surface area contributed by atoms with Crippen LogP contribution in [0.2, 0.25) is 5.02 Å². The van der Waals surface area contributed by atoms with Gasteiger partial charge in [-0.2, -0.15) is 0 Å². The van der Waals surface area contributed by atoms with Crippen molar-refractivity contribution in [1.29, 1.82) is 0 Å². The van der Waals surface area contributed by atoms with Crippen LogP contribution >= 0.6 is 11.6 Å². The second-order valence-electron chi connectivity index (χ2n) is 7.44. The van der Waals surface area contributed by atoms with Crippen molar-refractivity contribution in [2.75, 3.05) is 11.9 Å². The lowest BCUT2D eigenvalue weighted by Gasteiger charge is -2.37. The van der Waals surface area contributed by atoms with Gasteiger partial charge in [-0.25, -0.2) is 13.2 Å². The van der Waals surface area contributed by atoms with Crippen LogP contribution in [0.3, 0.4) is 0 Å². The molecule has 4 nitrogen and oxygen atoms in total. The third kappa shape index (κ3) is 5.63. The Morgan fingerprint density at radius 1 is 1.34 bits per heavy atom. The minimum absolute atomic E-state index is 0.351. The van der Waals surface area contributed by atoms with Crippen molar-refractivity contribution in [1.82, 2.24) is 10.3 Å². The highest BCUT2D eigenvalue weighted by atomic mass is 35.5. The molecule has 0 spiro atoms. The molecule has 0 bridgehead atoms. The van der Waals surface area contributed by atoms with E-state index in [2.05, 4.69) is 10.3 Å². The maximum Gasteiger partial charge on any atom is 0.252 e. The lowest BCUT2D eigenvalue weighted by atomic mass is 9.88. The lowest BCUT2D eigenvalue weighted by molar-refractivity contribution is -0.130. The molecule has 0 aliphatic heterocycles. The van der Waals surface area contributed by atoms with E-state index < -0.39 is 23.8 Å². The topological polar surface area (TPSA) is 45.2 Å². The highest BCUT2D eigenvalue weighted by Crippen LogP contribution is 2.37. The maximum absolute atomic E-state index is 13.6. The molecule has 8 heteroatoms. The molecule has 1 amide bonds. The van der Waals surface area contributed by atoms with Gasteiger partial charge in [-0.3, -0.25) is 9.78 Å². The SMILES string of the molecule is CN(c1cncc(F)c1)C(CCCc1ccccc1Cl)C(=O)NC1CC(F)(F)C1. The number of benzene rings is 1. The van der Waals surface area contributed by atoms with Gasteiger partial charge in [-0.05, 0) is 30.9 Å². The second kappa shape index (κ2) is 9.03. The van der Waals surface area contributed by atoms with Crippen LogP contribution < -0.4 is 10.2 Å². The number of nitrogens with one attached hydrogen (secondary N) is 1. The highest BCUT2D eigenvalue weighted by molar-refractivity contribution is 6.31. The number of carbonyl (C=O) groups excluding carboxylic acids is 1. The summed E-state index contributed by atoms with van der Waals surface area (Å²) < 4.78 is 39.8. The zero-order chi connectivity index (χ0) is 21.0. The Bertz CT molecular complexity index is 857. The summed E-state index contributed by atoms with van der Waals surface area (Å²) in [5.74, 6) is -3.57. The van der Waals surface area contributed by atoms with Gasteiger partial charge in [0.1, 0.15) is 11.9 Å². The molecule has 1 unspecified atom stereocenters. The molecular weight excluding hydrogens is 403 g/mol. The van der Waals surface area contributed by atoms with Crippen molar-refractivity contribution in [3.05, 3.63) is 59.1 Å². The molecule has 3 rings (SSSR count). The Morgan fingerprint density at radius 2 is 2.07 bits per heavy atom. The third-order valence-corrected chi connectivity index (χ3v) is 5.55. The molecule has 1 N–H and O–H groups in total. The fourth-order valence-electron chi connectivity index (χ4n) is 3.52. The number of carbonyl (C=O) groups is 1. The molecule has 1 heterocycles. The van der Waals surface area contributed by atoms with Crippen molar-refractivity contribution in [3.8, 4) is 0 Å². The Balaban J connectivity index is 1.68. The van der Waals surface area contributed by atoms with E-state index in [4.69, 9.17) is 11.6 Å². The van der Waals surface area contributed by atoms with Gasteiger partial charge < -0.3 is 10.2 Å². The van der Waals surface area contributed by atoms with Crippen LogP contribution in [0, 0.1) is 5.82 Å². The number of hydrogen-bond donors (Lipinski definition) is 1. The number of halogens is 4. The first-order valence-electron chi connectivity index (χ1n) is 9.50. The van der Waals surface area contributed by atoms with E-state index in [1.165, 1.54) is 12.3 Å². The normalized spacial score (nSPS) is 16.7. The highest BCUT2D eigenvalue weighted by Gasteiger charge is 2.46. The number of pyridine rings is 1. The van der Waals surface area contributed by atoms with Crippen LogP contribution in [-0.4, -0.2) is 35.9 Å². The summed E-state index contributed by atoms with van der Waals surface area (Å²) in [6, 6.07) is 7.58. The molecule has 2 aromatic rings. The molecule has 1 aromatic heterocycles. The molecule has 0 radical (unpaired) electrons. The summed E-state index contributed by atoms with van der Waals surface area (Å²) >= 11 is 6.19. The average molecular weight is 426 g/mol. The maximum atomic E-state index is 13.6. The largest absolute Gasteiger partial charge is 0.361 e. The zero-order valence-electron chi connectivity index (χ0n) is 16.0. The average Bonchev–Trinajstić information content (AvgIpc) is 2.64. The molecule has 1 aliphatic rings. The van der Waals surface area contributed by atoms with Crippen molar-refractivity contribution in [2.45, 2.75) is 50.1 Å². The van der Waals surface area contributed by atoms with E-state index in [1.54, 1.807) is 11.9 Å². The van der Waals surface area contributed by atoms with Crippen molar-refractivity contribution in [2.24, 2.45) is 0 Å². The predicted octanol–water partition coefficient (Wildman–Crippen LogP) is 4.62. The van der Waals surface area contributed by atoms with Gasteiger partial charge in [0, 0.05) is 37.0 Å². The number of likely N-dealkylation sites (N-methyl/N-ethyl adjacent to an activating group) is 1. The van der Waals surface area contributed by atoms with Crippen LogP contribution in [0.5, 0.6) is 0 Å². The molecule has 1 aliphatic carbocycles. The van der Waals surface area contributed by atoms with E-state index in [-0.39, 0.29) is 18.7 Å². The number of rotatable bonds is 8. The van der Waals surface area contributed by atoms with Gasteiger partial charge in [-0.15, -0.1) is 0 Å². The minimum Gasteiger partial charge on any atom is -0.361 e. The second-order valence-corrected chi connectivity index (χ2v) is 7.85. The van der Waals surface area contributed by atoms with Gasteiger partial charge >= 0.3 is 0 Å². The number of hydrogen-bond acceptors (Lipinski definition) is 3. The van der Waals surface area contributed by atoms with E-state index in [1.807, 2.05) is 24.3 Å². The quantitative estimate of drug-likeness (QED) is 0.671. The number of alkyl halides is 2. The molecule has 29 heavy (non-hydrogen) atoms. The first-order valence-corrected chi connectivity index (χ1v) is 9.88. The van der Waals surface area contributed by atoms with Crippen molar-refractivity contribution < 1.29 is 18.0 Å². The summed E-state index contributed by atoms with van der Waals surface area (Å²) in [6.45, 7) is 0. The van der Waals surface area contributed by atoms with Gasteiger partial charge in [0.25, 0.3) is 5.92 Å². The molecule has 156 valence electrons. The van der Waals surface area contributed by atoms with Gasteiger partial charge in [0.15, 0.2) is 0 Å². The summed E-state index contributed by atoms with van der Waals surface area (Å²) in [6.07, 6.45) is 3.62. The summed E-state index contributed by atoms with van der Waals surface area (Å²) in [7, 11) is 1.67. The first-order chi connectivity index (χ1) is 13.7. The van der Waals surface area contributed by atoms with Gasteiger partial charge in [0.05, 0.1) is 18.1 Å². The van der Waals surface area contributed by atoms with Crippen molar-refractivity contribution >= 4 is 23.2 Å². The van der Waals surface area contributed by atoms with Crippen molar-refractivity contribution in [3.63, 3.8) is 0 Å². The van der Waals surface area contributed by atoms with Crippen LogP contribution in [0.1, 0.15) is 31.2 Å². The Hall–Kier alpha value is -2.28. The molecule has 1 atom stereocenters. The Labute approximate surface area is 173 Å². The van der Waals surface area contributed by atoms with Crippen LogP contribution in [0.15, 0.2) is 42.7 Å². The first kappa shape index (κ1) is 21.4.